The van der Waals surface area contributed by atoms with Crippen molar-refractivity contribution < 1.29 is 37.1 Å². The van der Waals surface area contributed by atoms with Crippen LogP contribution in [0.4, 0.5) is 14.9 Å². The van der Waals surface area contributed by atoms with E-state index in [2.05, 4.69) is 0 Å². The molecule has 5 aromatic rings. The van der Waals surface area contributed by atoms with Gasteiger partial charge >= 0.3 is 13.7 Å². The van der Waals surface area contributed by atoms with E-state index in [0.717, 1.165) is 16.7 Å². The van der Waals surface area contributed by atoms with Gasteiger partial charge in [0.1, 0.15) is 30.0 Å². The van der Waals surface area contributed by atoms with Crippen molar-refractivity contribution in [3.63, 3.8) is 0 Å². The highest BCUT2D eigenvalue weighted by Gasteiger charge is 2.41. The number of nitrogens with zero attached hydrogens (tertiary/aromatic N) is 1. The lowest BCUT2D eigenvalue weighted by atomic mass is 9.96. The van der Waals surface area contributed by atoms with E-state index < -0.39 is 25.5 Å². The molecule has 0 unspecified atom stereocenters. The number of carbonyl (C=O) groups is 2. The fraction of sp³-hybridized carbons (Fsp3) is 0.128. The van der Waals surface area contributed by atoms with Crippen LogP contribution >= 0.6 is 7.60 Å². The molecule has 6 rings (SSSR count). The number of rotatable bonds is 12. The third-order valence-corrected chi connectivity index (χ3v) is 10.1. The monoisotopic (exact) mass is 677 g/mol. The molecule has 1 heterocycles. The summed E-state index contributed by atoms with van der Waals surface area (Å²) in [6, 6.07) is 36.0. The number of carbonyl (C=O) groups excluding carboxylic acids is 2. The average molecular weight is 678 g/mol. The van der Waals surface area contributed by atoms with Crippen molar-refractivity contribution >= 4 is 30.5 Å². The molecule has 1 amide bonds. The molecule has 0 radical (unpaired) electrons. The zero-order valence-corrected chi connectivity index (χ0v) is 27.7. The first-order valence-electron chi connectivity index (χ1n) is 15.5. The molecule has 0 aromatic heterocycles. The van der Waals surface area contributed by atoms with Gasteiger partial charge in [0.25, 0.3) is 0 Å². The Bertz CT molecular complexity index is 2010. The summed E-state index contributed by atoms with van der Waals surface area (Å²) in [7, 11) is -0.753. The van der Waals surface area contributed by atoms with Gasteiger partial charge in [-0.05, 0) is 77.4 Å². The van der Waals surface area contributed by atoms with Gasteiger partial charge in [0.2, 0.25) is 0 Å². The van der Waals surface area contributed by atoms with E-state index in [1.54, 1.807) is 30.3 Å². The van der Waals surface area contributed by atoms with E-state index in [4.69, 9.17) is 18.5 Å². The Morgan fingerprint density at radius 2 is 1.47 bits per heavy atom. The Morgan fingerprint density at radius 1 is 0.837 bits per heavy atom. The number of hydrogen-bond acceptors (Lipinski definition) is 7. The van der Waals surface area contributed by atoms with Gasteiger partial charge in [0.05, 0.1) is 5.30 Å². The molecule has 1 aliphatic heterocycles. The molecule has 5 aromatic carbocycles. The van der Waals surface area contributed by atoms with Gasteiger partial charge in [0, 0.05) is 37.5 Å². The molecule has 0 saturated carbocycles. The van der Waals surface area contributed by atoms with E-state index in [-0.39, 0.29) is 24.6 Å². The van der Waals surface area contributed by atoms with E-state index in [1.807, 2.05) is 78.9 Å². The first kappa shape index (κ1) is 33.6. The highest BCUT2D eigenvalue weighted by atomic mass is 31.2. The van der Waals surface area contributed by atoms with E-state index in [1.165, 1.54) is 43.4 Å². The maximum Gasteiger partial charge on any atom is 0.420 e. The smallest absolute Gasteiger partial charge is 0.420 e. The Labute approximate surface area is 283 Å². The highest BCUT2D eigenvalue weighted by Crippen LogP contribution is 2.46. The second kappa shape index (κ2) is 14.8. The molecule has 1 fully saturated rings. The van der Waals surface area contributed by atoms with Gasteiger partial charge in [0.15, 0.2) is 5.78 Å². The summed E-state index contributed by atoms with van der Waals surface area (Å²) in [5.41, 5.74) is 4.13. The first-order valence-corrected chi connectivity index (χ1v) is 17.0. The normalized spacial score (nSPS) is 15.3. The molecule has 10 heteroatoms. The van der Waals surface area contributed by atoms with Crippen molar-refractivity contribution in [1.82, 2.24) is 0 Å². The molecule has 248 valence electrons. The highest BCUT2D eigenvalue weighted by molar-refractivity contribution is 7.62. The number of anilines is 1. The van der Waals surface area contributed by atoms with Crippen LogP contribution in [-0.2, 0) is 25.0 Å². The van der Waals surface area contributed by atoms with Crippen LogP contribution < -0.4 is 14.9 Å². The van der Waals surface area contributed by atoms with Gasteiger partial charge in [-0.1, -0.05) is 72.8 Å². The molecule has 1 aliphatic rings. The molecule has 0 aliphatic carbocycles. The van der Waals surface area contributed by atoms with Gasteiger partial charge in [-0.2, -0.15) is 0 Å². The maximum absolute atomic E-state index is 13.5. The lowest BCUT2D eigenvalue weighted by Gasteiger charge is -2.25. The largest absolute Gasteiger partial charge is 0.489 e. The van der Waals surface area contributed by atoms with E-state index in [0.29, 0.717) is 27.9 Å². The number of halogens is 1. The molecule has 0 N–H and O–H groups in total. The van der Waals surface area contributed by atoms with Crippen molar-refractivity contribution in [2.45, 2.75) is 19.1 Å². The molecule has 49 heavy (non-hydrogen) atoms. The summed E-state index contributed by atoms with van der Waals surface area (Å²) in [5, 5.41) is 0.420. The standard InChI is InChI=1S/C39H33FNO7P/c1-45-49(44,46-2)33-20-15-28(16-21-33)30-17-22-34(37(25-30)47-26-27-9-5-3-6-10-27)38-36(24-23-35(42)29-13-18-31(40)19-14-29)48-39(43)41(38)32-11-7-4-8-12-32/h3-22,24-25,38H,23,26H2,1-2H3/t38-/m1/s1. The zero-order chi connectivity index (χ0) is 34.4. The van der Waals surface area contributed by atoms with Gasteiger partial charge in [-0.25, -0.2) is 9.18 Å². The van der Waals surface area contributed by atoms with Crippen LogP contribution in [0.3, 0.4) is 0 Å². The fourth-order valence-corrected chi connectivity index (χ4v) is 6.68. The minimum absolute atomic E-state index is 0.0786. The number of benzene rings is 5. The van der Waals surface area contributed by atoms with Crippen molar-refractivity contribution in [1.29, 1.82) is 0 Å². The second-order valence-electron chi connectivity index (χ2n) is 11.2. The predicted molar refractivity (Wildman–Crippen MR) is 185 cm³/mol. The number of para-hydroxylation sites is 1. The first-order chi connectivity index (χ1) is 23.8. The topological polar surface area (TPSA) is 91.4 Å². The molecule has 8 nitrogen and oxygen atoms in total. The molecule has 1 saturated heterocycles. The summed E-state index contributed by atoms with van der Waals surface area (Å²) >= 11 is 0. The Morgan fingerprint density at radius 3 is 2.12 bits per heavy atom. The molecule has 0 spiro atoms. The lowest BCUT2D eigenvalue weighted by Crippen LogP contribution is -2.27. The summed E-state index contributed by atoms with van der Waals surface area (Å²) in [4.78, 5) is 28.1. The zero-order valence-electron chi connectivity index (χ0n) is 26.8. The van der Waals surface area contributed by atoms with Crippen LogP contribution in [-0.4, -0.2) is 26.1 Å². The van der Waals surface area contributed by atoms with Crippen molar-refractivity contribution in [3.05, 3.63) is 162 Å². The quantitative estimate of drug-likeness (QED) is 0.0961. The second-order valence-corrected chi connectivity index (χ2v) is 13.4. The minimum atomic E-state index is -3.43. The maximum atomic E-state index is 13.5. The summed E-state index contributed by atoms with van der Waals surface area (Å²) in [6.45, 7) is 0.246. The number of hydrogen-bond donors (Lipinski definition) is 0. The average Bonchev–Trinajstić information content (AvgIpc) is 3.48. The van der Waals surface area contributed by atoms with Crippen LogP contribution in [0.25, 0.3) is 11.1 Å². The van der Waals surface area contributed by atoms with Crippen LogP contribution in [0.15, 0.2) is 139 Å². The number of cyclic esters (lactones) is 1. The van der Waals surface area contributed by atoms with E-state index >= 15 is 0 Å². The number of amides is 1. The van der Waals surface area contributed by atoms with Crippen LogP contribution in [0.1, 0.15) is 33.9 Å². The van der Waals surface area contributed by atoms with Crippen molar-refractivity contribution in [2.24, 2.45) is 0 Å². The molecular weight excluding hydrogens is 644 g/mol. The molecular formula is C39H33FNO7P. The van der Waals surface area contributed by atoms with Gasteiger partial charge in [-0.3, -0.25) is 14.3 Å². The van der Waals surface area contributed by atoms with Gasteiger partial charge < -0.3 is 18.5 Å². The third-order valence-electron chi connectivity index (χ3n) is 8.16. The summed E-state index contributed by atoms with van der Waals surface area (Å²) in [5.74, 6) is 0.0580. The summed E-state index contributed by atoms with van der Waals surface area (Å²) < 4.78 is 49.0. The van der Waals surface area contributed by atoms with Crippen molar-refractivity contribution in [2.75, 3.05) is 19.1 Å². The predicted octanol–water partition coefficient (Wildman–Crippen LogP) is 9.04. The Kier molecular flexibility index (Phi) is 10.2. The van der Waals surface area contributed by atoms with Crippen LogP contribution in [0.2, 0.25) is 0 Å². The SMILES string of the molecule is COP(=O)(OC)c1ccc(-c2ccc([C@@H]3C(=CCC(=O)c4ccc(F)cc4)OC(=O)N3c3ccccc3)c(OCc3ccccc3)c2)cc1. The number of ketones is 1. The Balaban J connectivity index is 1.42. The third kappa shape index (κ3) is 7.39. The molecule has 0 bridgehead atoms. The van der Waals surface area contributed by atoms with Crippen LogP contribution in [0.5, 0.6) is 5.75 Å². The fourth-order valence-electron chi connectivity index (χ4n) is 5.60. The van der Waals surface area contributed by atoms with Crippen molar-refractivity contribution in [3.8, 4) is 16.9 Å². The van der Waals surface area contributed by atoms with E-state index in [9.17, 15) is 18.5 Å². The van der Waals surface area contributed by atoms with Crippen LogP contribution in [0, 0.1) is 5.82 Å². The number of Topliss-reactive ketones (excluding diaryl/α,β-unsaturated/α-hetero) is 1. The number of ether oxygens (including phenoxy) is 2. The number of allylic oxidation sites excluding steroid dienone is 1. The molecule has 1 atom stereocenters. The lowest BCUT2D eigenvalue weighted by molar-refractivity contribution is 0.0994. The Hall–Kier alpha value is -5.34. The minimum Gasteiger partial charge on any atom is -0.489 e. The van der Waals surface area contributed by atoms with Gasteiger partial charge in [-0.15, -0.1) is 0 Å². The summed E-state index contributed by atoms with van der Waals surface area (Å²) in [6.07, 6.45) is 0.908.